The molecule has 1 unspecified atom stereocenters. The van der Waals surface area contributed by atoms with Crippen LogP contribution in [0, 0.1) is 11.8 Å². The van der Waals surface area contributed by atoms with Crippen molar-refractivity contribution in [3.8, 4) is 0 Å². The topological polar surface area (TPSA) is 94.9 Å². The monoisotopic (exact) mass is 807 g/mol. The lowest BCUT2D eigenvalue weighted by molar-refractivity contribution is -0.169. The minimum atomic E-state index is -2.35. The third kappa shape index (κ3) is 13.5. The molecule has 1 heterocycles. The molecule has 0 aromatic heterocycles. The van der Waals surface area contributed by atoms with Crippen LogP contribution in [0.4, 0.5) is 4.79 Å². The Morgan fingerprint density at radius 3 is 1.82 bits per heavy atom. The SMILES string of the molecule is CCCCCCCCC(CCCCCC=C[C@H](C(=O)N1C(=O)SC(c2ccccc2)(c2ccccc2)[C@@H]1C(C)C)[C@@](O)(CCC)C(=O)O)SCCCCCCC. The minimum absolute atomic E-state index is 0.108. The molecule has 2 aromatic carbocycles. The summed E-state index contributed by atoms with van der Waals surface area (Å²) in [4.78, 5) is 43.1. The highest BCUT2D eigenvalue weighted by atomic mass is 32.2. The van der Waals surface area contributed by atoms with E-state index in [1.807, 2.05) is 80.6 Å². The van der Waals surface area contributed by atoms with Crippen molar-refractivity contribution in [2.45, 2.75) is 178 Å². The van der Waals surface area contributed by atoms with Crippen molar-refractivity contribution in [1.82, 2.24) is 4.90 Å². The molecule has 1 saturated heterocycles. The molecule has 2 amide bonds. The fourth-order valence-corrected chi connectivity index (χ4v) is 11.3. The fourth-order valence-electron chi connectivity index (χ4n) is 8.37. The van der Waals surface area contributed by atoms with Crippen LogP contribution in [-0.4, -0.2) is 54.9 Å². The van der Waals surface area contributed by atoms with Crippen molar-refractivity contribution < 1.29 is 24.6 Å². The molecule has 0 saturated carbocycles. The Balaban J connectivity index is 1.76. The largest absolute Gasteiger partial charge is 0.479 e. The zero-order chi connectivity index (χ0) is 40.8. The van der Waals surface area contributed by atoms with Gasteiger partial charge >= 0.3 is 5.97 Å². The van der Waals surface area contributed by atoms with Gasteiger partial charge in [0.15, 0.2) is 5.60 Å². The second-order valence-electron chi connectivity index (χ2n) is 16.2. The number of hydrogen-bond donors (Lipinski definition) is 2. The molecule has 0 radical (unpaired) electrons. The Bertz CT molecular complexity index is 1390. The highest BCUT2D eigenvalue weighted by Gasteiger charge is 2.60. The Hall–Kier alpha value is -2.55. The highest BCUT2D eigenvalue weighted by Crippen LogP contribution is 2.56. The van der Waals surface area contributed by atoms with E-state index in [1.54, 1.807) is 13.0 Å². The number of hydrogen-bond acceptors (Lipinski definition) is 6. The number of carbonyl (C=O) groups is 3. The zero-order valence-corrected chi connectivity index (χ0v) is 36.9. The van der Waals surface area contributed by atoms with Gasteiger partial charge in [-0.05, 0) is 73.1 Å². The van der Waals surface area contributed by atoms with Crippen LogP contribution in [0.15, 0.2) is 72.8 Å². The van der Waals surface area contributed by atoms with Gasteiger partial charge in [-0.3, -0.25) is 14.5 Å². The van der Waals surface area contributed by atoms with Crippen LogP contribution < -0.4 is 0 Å². The van der Waals surface area contributed by atoms with Crippen LogP contribution in [-0.2, 0) is 14.3 Å². The summed E-state index contributed by atoms with van der Waals surface area (Å²) in [5.41, 5.74) is -0.559. The van der Waals surface area contributed by atoms with Crippen LogP contribution >= 0.6 is 23.5 Å². The minimum Gasteiger partial charge on any atom is -0.479 e. The van der Waals surface area contributed by atoms with Crippen LogP contribution in [0.1, 0.15) is 168 Å². The quantitative estimate of drug-likeness (QED) is 0.0624. The van der Waals surface area contributed by atoms with E-state index in [1.165, 1.54) is 94.1 Å². The molecule has 4 atom stereocenters. The van der Waals surface area contributed by atoms with E-state index in [2.05, 4.69) is 25.6 Å². The van der Waals surface area contributed by atoms with Crippen molar-refractivity contribution in [2.75, 3.05) is 5.75 Å². The van der Waals surface area contributed by atoms with Crippen molar-refractivity contribution >= 4 is 40.6 Å². The normalized spacial score (nSPS) is 17.7. The number of amides is 2. The van der Waals surface area contributed by atoms with E-state index in [-0.39, 0.29) is 12.3 Å². The first-order chi connectivity index (χ1) is 27.1. The predicted octanol–water partition coefficient (Wildman–Crippen LogP) is 13.2. The second kappa shape index (κ2) is 25.7. The Labute approximate surface area is 348 Å². The van der Waals surface area contributed by atoms with Crippen molar-refractivity contribution in [3.05, 3.63) is 83.9 Å². The van der Waals surface area contributed by atoms with Gasteiger partial charge in [-0.25, -0.2) is 4.79 Å². The fraction of sp³-hybridized carbons (Fsp3) is 0.646. The van der Waals surface area contributed by atoms with E-state index in [0.29, 0.717) is 18.1 Å². The van der Waals surface area contributed by atoms with Gasteiger partial charge in [0, 0.05) is 5.25 Å². The third-order valence-electron chi connectivity index (χ3n) is 11.4. The van der Waals surface area contributed by atoms with Crippen molar-refractivity contribution in [3.63, 3.8) is 0 Å². The van der Waals surface area contributed by atoms with Crippen LogP contribution in [0.2, 0.25) is 0 Å². The first-order valence-corrected chi connectivity index (χ1v) is 23.9. The van der Waals surface area contributed by atoms with Gasteiger partial charge in [0.2, 0.25) is 5.91 Å². The number of aliphatic hydroxyl groups is 1. The molecule has 2 N–H and O–H groups in total. The number of aliphatic carboxylic acids is 1. The summed E-state index contributed by atoms with van der Waals surface area (Å²) in [7, 11) is 0. The number of carbonyl (C=O) groups excluding carboxylic acids is 2. The van der Waals surface area contributed by atoms with Crippen LogP contribution in [0.25, 0.3) is 0 Å². The first kappa shape index (κ1) is 47.8. The number of nitrogens with zero attached hydrogens (tertiary/aromatic N) is 1. The average Bonchev–Trinajstić information content (AvgIpc) is 3.52. The van der Waals surface area contributed by atoms with E-state index < -0.39 is 39.4 Å². The standard InChI is InChI=1S/C48H73NO5S2/c1-6-9-11-13-15-25-33-41(55-37-28-18-12-10-7-2)34-26-16-14-17-27-35-42(47(54,36-8-3)45(51)52)44(50)49-43(38(4)5)48(56-46(49)53,39-29-21-19-22-30-39)40-31-23-20-24-32-40/h19-24,27,29-32,35,38,41-43,54H,6-18,25-26,28,33-34,36-37H2,1-5H3,(H,51,52)/t41?,42-,43+,47+/m1/s1. The van der Waals surface area contributed by atoms with Gasteiger partial charge in [-0.15, -0.1) is 0 Å². The molecule has 2 aromatic rings. The van der Waals surface area contributed by atoms with Crippen LogP contribution in [0.3, 0.4) is 0 Å². The lowest BCUT2D eigenvalue weighted by atomic mass is 9.77. The maximum Gasteiger partial charge on any atom is 0.336 e. The number of benzene rings is 2. The lowest BCUT2D eigenvalue weighted by Crippen LogP contribution is -2.56. The van der Waals surface area contributed by atoms with Gasteiger partial charge in [-0.1, -0.05) is 191 Å². The second-order valence-corrected chi connectivity index (χ2v) is 18.8. The summed E-state index contributed by atoms with van der Waals surface area (Å²) >= 11 is 3.29. The van der Waals surface area contributed by atoms with Gasteiger partial charge in [0.1, 0.15) is 0 Å². The smallest absolute Gasteiger partial charge is 0.336 e. The lowest BCUT2D eigenvalue weighted by Gasteiger charge is -2.41. The highest BCUT2D eigenvalue weighted by molar-refractivity contribution is 8.15. The Morgan fingerprint density at radius 1 is 0.786 bits per heavy atom. The number of unbranched alkanes of at least 4 members (excludes halogenated alkanes) is 12. The third-order valence-corrected chi connectivity index (χ3v) is 14.3. The van der Waals surface area contributed by atoms with Crippen molar-refractivity contribution in [1.29, 1.82) is 0 Å². The van der Waals surface area contributed by atoms with E-state index >= 15 is 0 Å². The maximum absolute atomic E-state index is 14.8. The van der Waals surface area contributed by atoms with Gasteiger partial charge in [0.05, 0.1) is 16.7 Å². The maximum atomic E-state index is 14.8. The number of carboxylic acid groups (broad SMARTS) is 1. The molecule has 0 bridgehead atoms. The number of thioether (sulfide) groups is 2. The number of allylic oxidation sites excluding steroid dienone is 1. The summed E-state index contributed by atoms with van der Waals surface area (Å²) in [5.74, 6) is -2.44. The van der Waals surface area contributed by atoms with Gasteiger partial charge in [-0.2, -0.15) is 11.8 Å². The predicted molar refractivity (Wildman–Crippen MR) is 238 cm³/mol. The van der Waals surface area contributed by atoms with E-state index in [4.69, 9.17) is 0 Å². The Morgan fingerprint density at radius 2 is 1.30 bits per heavy atom. The molecular formula is C48H73NO5S2. The average molecular weight is 808 g/mol. The summed E-state index contributed by atoms with van der Waals surface area (Å²) in [6.45, 7) is 10.3. The molecule has 0 aliphatic carbocycles. The molecule has 6 nitrogen and oxygen atoms in total. The first-order valence-electron chi connectivity index (χ1n) is 22.0. The summed E-state index contributed by atoms with van der Waals surface area (Å²) in [6.07, 6.45) is 24.6. The Kier molecular flexibility index (Phi) is 22.0. The molecular weight excluding hydrogens is 735 g/mol. The van der Waals surface area contributed by atoms with Gasteiger partial charge in [0.25, 0.3) is 5.24 Å². The number of carboxylic acids is 1. The molecule has 1 fully saturated rings. The van der Waals surface area contributed by atoms with Crippen LogP contribution in [0.5, 0.6) is 0 Å². The molecule has 8 heteroatoms. The van der Waals surface area contributed by atoms with E-state index in [9.17, 15) is 24.6 Å². The summed E-state index contributed by atoms with van der Waals surface area (Å²) in [5, 5.41) is 22.5. The van der Waals surface area contributed by atoms with Gasteiger partial charge < -0.3 is 10.2 Å². The number of imide groups is 1. The molecule has 1 aliphatic heterocycles. The van der Waals surface area contributed by atoms with E-state index in [0.717, 1.165) is 42.2 Å². The van der Waals surface area contributed by atoms with Crippen molar-refractivity contribution in [2.24, 2.45) is 11.8 Å². The molecule has 56 heavy (non-hydrogen) atoms. The molecule has 312 valence electrons. The molecule has 0 spiro atoms. The zero-order valence-electron chi connectivity index (χ0n) is 35.3. The summed E-state index contributed by atoms with van der Waals surface area (Å²) in [6, 6.07) is 18.9. The molecule has 1 aliphatic rings. The number of rotatable bonds is 29. The molecule has 3 rings (SSSR count). The summed E-state index contributed by atoms with van der Waals surface area (Å²) < 4.78 is -0.913.